The van der Waals surface area contributed by atoms with E-state index in [-0.39, 0.29) is 5.56 Å². The van der Waals surface area contributed by atoms with Crippen LogP contribution >= 0.6 is 0 Å². The summed E-state index contributed by atoms with van der Waals surface area (Å²) in [5.41, 5.74) is 3.69. The monoisotopic (exact) mass is 259 g/mol. The molecule has 1 aromatic heterocycles. The van der Waals surface area contributed by atoms with Crippen LogP contribution in [0.5, 0.6) is 0 Å². The van der Waals surface area contributed by atoms with E-state index in [2.05, 4.69) is 22.2 Å². The van der Waals surface area contributed by atoms with Crippen LogP contribution in [0, 0.1) is 13.8 Å². The molecule has 5 nitrogen and oxygen atoms in total. The Kier molecular flexibility index (Phi) is 3.97. The topological polar surface area (TPSA) is 67.0 Å². The number of ether oxygens (including phenoxy) is 1. The van der Waals surface area contributed by atoms with Gasteiger partial charge in [-0.1, -0.05) is 6.07 Å². The van der Waals surface area contributed by atoms with Crippen LogP contribution in [-0.4, -0.2) is 17.1 Å². The molecule has 0 spiro atoms. The first-order valence-corrected chi connectivity index (χ1v) is 6.02. The minimum absolute atomic E-state index is 0.201. The second kappa shape index (κ2) is 5.67. The molecule has 0 aliphatic heterocycles. The van der Waals surface area contributed by atoms with Crippen LogP contribution in [0.4, 0.5) is 11.6 Å². The first-order chi connectivity index (χ1) is 9.08. The Morgan fingerprint density at radius 3 is 2.74 bits per heavy atom. The number of rotatable bonds is 4. The molecule has 0 unspecified atom stereocenters. The van der Waals surface area contributed by atoms with Crippen molar-refractivity contribution in [2.24, 2.45) is 0 Å². The zero-order valence-corrected chi connectivity index (χ0v) is 11.3. The molecular formula is C14H17N3O2. The highest BCUT2D eigenvalue weighted by Gasteiger charge is 2.02. The van der Waals surface area contributed by atoms with Crippen LogP contribution in [-0.2, 0) is 11.3 Å². The fourth-order valence-corrected chi connectivity index (χ4v) is 1.74. The average Bonchev–Trinajstić information content (AvgIpc) is 2.33. The summed E-state index contributed by atoms with van der Waals surface area (Å²) in [5.74, 6) is 0.419. The molecule has 0 bridgehead atoms. The lowest BCUT2D eigenvalue weighted by Crippen LogP contribution is -2.12. The summed E-state index contributed by atoms with van der Waals surface area (Å²) >= 11 is 0. The van der Waals surface area contributed by atoms with Crippen molar-refractivity contribution < 1.29 is 4.74 Å². The number of hydrogen-bond donors (Lipinski definition) is 2. The van der Waals surface area contributed by atoms with Gasteiger partial charge in [0.25, 0.3) is 5.56 Å². The van der Waals surface area contributed by atoms with Crippen LogP contribution in [0.25, 0.3) is 0 Å². The van der Waals surface area contributed by atoms with E-state index in [1.165, 1.54) is 17.2 Å². The van der Waals surface area contributed by atoms with Gasteiger partial charge in [0.2, 0.25) is 5.95 Å². The number of nitrogens with zero attached hydrogens (tertiary/aromatic N) is 1. The van der Waals surface area contributed by atoms with Crippen molar-refractivity contribution in [1.29, 1.82) is 0 Å². The number of H-pyrrole nitrogens is 1. The highest BCUT2D eigenvalue weighted by molar-refractivity contribution is 5.55. The molecule has 0 aliphatic carbocycles. The number of hydrogen-bond acceptors (Lipinski definition) is 4. The van der Waals surface area contributed by atoms with Gasteiger partial charge in [0.1, 0.15) is 0 Å². The highest BCUT2D eigenvalue weighted by atomic mass is 16.5. The van der Waals surface area contributed by atoms with Gasteiger partial charge in [-0.25, -0.2) is 4.98 Å². The molecule has 19 heavy (non-hydrogen) atoms. The van der Waals surface area contributed by atoms with Crippen LogP contribution in [0.2, 0.25) is 0 Å². The van der Waals surface area contributed by atoms with Crippen LogP contribution < -0.4 is 10.9 Å². The summed E-state index contributed by atoms with van der Waals surface area (Å²) in [6.45, 7) is 4.40. The SMILES string of the molecule is COCc1cc(=O)[nH]c(Nc2ccc(C)c(C)c2)n1. The van der Waals surface area contributed by atoms with E-state index in [4.69, 9.17) is 4.74 Å². The second-order valence-electron chi connectivity index (χ2n) is 4.44. The van der Waals surface area contributed by atoms with Gasteiger partial charge in [0, 0.05) is 18.9 Å². The van der Waals surface area contributed by atoms with Crippen molar-refractivity contribution in [3.8, 4) is 0 Å². The van der Waals surface area contributed by atoms with E-state index in [1.54, 1.807) is 7.11 Å². The third-order valence-electron chi connectivity index (χ3n) is 2.86. The zero-order chi connectivity index (χ0) is 13.8. The van der Waals surface area contributed by atoms with Crippen LogP contribution in [0.1, 0.15) is 16.8 Å². The first-order valence-electron chi connectivity index (χ1n) is 6.02. The predicted octanol–water partition coefficient (Wildman–Crippen LogP) is 2.28. The molecule has 0 atom stereocenters. The van der Waals surface area contributed by atoms with Crippen molar-refractivity contribution in [2.75, 3.05) is 12.4 Å². The van der Waals surface area contributed by atoms with Gasteiger partial charge < -0.3 is 10.1 Å². The third kappa shape index (κ3) is 3.42. The van der Waals surface area contributed by atoms with E-state index < -0.39 is 0 Å². The molecular weight excluding hydrogens is 242 g/mol. The summed E-state index contributed by atoms with van der Waals surface area (Å²) in [5, 5.41) is 3.09. The Hall–Kier alpha value is -2.14. The maximum atomic E-state index is 11.5. The Bertz CT molecular complexity index is 635. The lowest BCUT2D eigenvalue weighted by atomic mass is 10.1. The third-order valence-corrected chi connectivity index (χ3v) is 2.86. The van der Waals surface area contributed by atoms with Crippen molar-refractivity contribution in [1.82, 2.24) is 9.97 Å². The molecule has 0 aliphatic rings. The molecule has 2 aromatic rings. The summed E-state index contributed by atoms with van der Waals surface area (Å²) < 4.78 is 4.98. The maximum absolute atomic E-state index is 11.5. The zero-order valence-electron chi connectivity index (χ0n) is 11.3. The molecule has 0 saturated heterocycles. The maximum Gasteiger partial charge on any atom is 0.252 e. The van der Waals surface area contributed by atoms with Gasteiger partial charge in [0.15, 0.2) is 0 Å². The molecule has 1 aromatic carbocycles. The Morgan fingerprint density at radius 1 is 1.26 bits per heavy atom. The lowest BCUT2D eigenvalue weighted by Gasteiger charge is -2.08. The van der Waals surface area contributed by atoms with Crippen molar-refractivity contribution in [3.05, 3.63) is 51.4 Å². The smallest absolute Gasteiger partial charge is 0.252 e. The summed E-state index contributed by atoms with van der Waals surface area (Å²) in [6.07, 6.45) is 0. The molecule has 1 heterocycles. The average molecular weight is 259 g/mol. The van der Waals surface area contributed by atoms with Gasteiger partial charge in [-0.15, -0.1) is 0 Å². The van der Waals surface area contributed by atoms with Gasteiger partial charge in [-0.05, 0) is 37.1 Å². The number of aromatic amines is 1. The van der Waals surface area contributed by atoms with Gasteiger partial charge in [0.05, 0.1) is 12.3 Å². The Balaban J connectivity index is 2.27. The number of benzene rings is 1. The fraction of sp³-hybridized carbons (Fsp3) is 0.286. The minimum Gasteiger partial charge on any atom is -0.378 e. The standard InChI is InChI=1S/C14H17N3O2/c1-9-4-5-11(6-10(9)2)15-14-16-12(8-19-3)7-13(18)17-14/h4-7H,8H2,1-3H3,(H2,15,16,17,18). The quantitative estimate of drug-likeness (QED) is 0.884. The molecule has 5 heteroatoms. The largest absolute Gasteiger partial charge is 0.378 e. The van der Waals surface area contributed by atoms with Gasteiger partial charge in [-0.3, -0.25) is 9.78 Å². The molecule has 0 amide bonds. The molecule has 2 rings (SSSR count). The van der Waals surface area contributed by atoms with Crippen LogP contribution in [0.3, 0.4) is 0 Å². The van der Waals surface area contributed by atoms with E-state index in [0.717, 1.165) is 5.69 Å². The van der Waals surface area contributed by atoms with Crippen molar-refractivity contribution in [2.45, 2.75) is 20.5 Å². The Morgan fingerprint density at radius 2 is 2.05 bits per heavy atom. The summed E-state index contributed by atoms with van der Waals surface area (Å²) in [7, 11) is 1.57. The molecule has 2 N–H and O–H groups in total. The molecule has 0 radical (unpaired) electrons. The van der Waals surface area contributed by atoms with E-state index in [9.17, 15) is 4.79 Å². The normalized spacial score (nSPS) is 10.5. The van der Waals surface area contributed by atoms with Gasteiger partial charge >= 0.3 is 0 Å². The van der Waals surface area contributed by atoms with E-state index in [0.29, 0.717) is 18.2 Å². The highest BCUT2D eigenvalue weighted by Crippen LogP contribution is 2.16. The number of aryl methyl sites for hydroxylation is 2. The molecule has 0 saturated carbocycles. The fourth-order valence-electron chi connectivity index (χ4n) is 1.74. The predicted molar refractivity (Wildman–Crippen MR) is 74.8 cm³/mol. The number of anilines is 2. The lowest BCUT2D eigenvalue weighted by molar-refractivity contribution is 0.181. The minimum atomic E-state index is -0.201. The van der Waals surface area contributed by atoms with Crippen LogP contribution in [0.15, 0.2) is 29.1 Å². The van der Waals surface area contributed by atoms with Crippen molar-refractivity contribution in [3.63, 3.8) is 0 Å². The van der Waals surface area contributed by atoms with Gasteiger partial charge in [-0.2, -0.15) is 0 Å². The Labute approximate surface area is 111 Å². The summed E-state index contributed by atoms with van der Waals surface area (Å²) in [6, 6.07) is 7.41. The number of methoxy groups -OCH3 is 1. The second-order valence-corrected chi connectivity index (χ2v) is 4.44. The van der Waals surface area contributed by atoms with E-state index in [1.807, 2.05) is 25.1 Å². The van der Waals surface area contributed by atoms with E-state index >= 15 is 0 Å². The first kappa shape index (κ1) is 13.3. The van der Waals surface area contributed by atoms with Crippen molar-refractivity contribution >= 4 is 11.6 Å². The number of aromatic nitrogens is 2. The number of nitrogens with one attached hydrogen (secondary N) is 2. The summed E-state index contributed by atoms with van der Waals surface area (Å²) in [4.78, 5) is 18.4. The molecule has 100 valence electrons. The molecule has 0 fully saturated rings.